The van der Waals surface area contributed by atoms with Crippen LogP contribution in [0.1, 0.15) is 28.4 Å². The van der Waals surface area contributed by atoms with Crippen molar-refractivity contribution < 1.29 is 33.1 Å². The number of amides is 1. The van der Waals surface area contributed by atoms with Crippen LogP contribution in [-0.2, 0) is 22.6 Å². The summed E-state index contributed by atoms with van der Waals surface area (Å²) in [5, 5.41) is 14.2. The highest BCUT2D eigenvalue weighted by Gasteiger charge is 2.35. The zero-order chi connectivity index (χ0) is 25.2. The summed E-state index contributed by atoms with van der Waals surface area (Å²) in [5.74, 6) is -1.31. The Kier molecular flexibility index (Phi) is 6.47. The van der Waals surface area contributed by atoms with Crippen molar-refractivity contribution in [3.05, 3.63) is 93.9 Å². The molecule has 1 aliphatic heterocycles. The molecule has 4 aromatic rings. The molecule has 10 heteroatoms. The van der Waals surface area contributed by atoms with E-state index in [4.69, 9.17) is 30.7 Å². The average Bonchev–Trinajstić information content (AvgIpc) is 3.28. The number of para-hydroxylation sites is 1. The number of rotatable bonds is 6. The Hall–Kier alpha value is -4.11. The minimum absolute atomic E-state index is 0.118. The van der Waals surface area contributed by atoms with Crippen LogP contribution in [0.25, 0.3) is 11.0 Å². The van der Waals surface area contributed by atoms with Gasteiger partial charge in [0.15, 0.2) is 12.2 Å². The molecule has 0 aliphatic carbocycles. The maximum absolute atomic E-state index is 14.0. The fourth-order valence-corrected chi connectivity index (χ4v) is 4.57. The number of carboxylic acids is 1. The molecule has 0 radical (unpaired) electrons. The first-order valence-corrected chi connectivity index (χ1v) is 11.5. The maximum Gasteiger partial charge on any atom is 0.410 e. The van der Waals surface area contributed by atoms with Crippen LogP contribution in [0.4, 0.5) is 9.18 Å². The lowest BCUT2D eigenvalue weighted by Crippen LogP contribution is -2.41. The number of hydrogen-bond acceptors (Lipinski definition) is 6. The molecule has 0 spiro atoms. The molecule has 1 atom stereocenters. The number of nitrogens with zero attached hydrogens (tertiary/aromatic N) is 2. The lowest BCUT2D eigenvalue weighted by atomic mass is 9.88. The van der Waals surface area contributed by atoms with Crippen molar-refractivity contribution in [3.63, 3.8) is 0 Å². The van der Waals surface area contributed by atoms with Crippen molar-refractivity contribution in [2.24, 2.45) is 0 Å². The summed E-state index contributed by atoms with van der Waals surface area (Å²) in [6.45, 7) is -0.473. The summed E-state index contributed by atoms with van der Waals surface area (Å²) in [6.07, 6.45) is -0.233. The van der Waals surface area contributed by atoms with Gasteiger partial charge in [0.2, 0.25) is 0 Å². The van der Waals surface area contributed by atoms with Crippen LogP contribution in [0, 0.1) is 5.82 Å². The Labute approximate surface area is 209 Å². The Bertz CT molecular complexity index is 1460. The standard InChI is InChI=1S/C26H20ClFN2O6/c27-16-5-8-22(34-14-24(31)32)20(12-16)25-18-7-6-17(28)11-15(18)9-10-30(25)26(33)35-13-21-19-3-1-2-4-23(19)36-29-21/h1-8,11-12,25H,9-10,13-14H2,(H,31,32)/t25-/m0/s1. The van der Waals surface area contributed by atoms with Gasteiger partial charge in [0, 0.05) is 22.5 Å². The van der Waals surface area contributed by atoms with E-state index in [2.05, 4.69) is 5.16 Å². The van der Waals surface area contributed by atoms with Crippen molar-refractivity contribution >= 4 is 34.6 Å². The second-order valence-corrected chi connectivity index (χ2v) is 8.67. The van der Waals surface area contributed by atoms with E-state index >= 15 is 0 Å². The van der Waals surface area contributed by atoms with E-state index in [1.807, 2.05) is 18.2 Å². The molecule has 3 aromatic carbocycles. The first-order valence-electron chi connectivity index (χ1n) is 11.1. The molecule has 0 saturated heterocycles. The van der Waals surface area contributed by atoms with E-state index in [1.54, 1.807) is 30.3 Å². The second-order valence-electron chi connectivity index (χ2n) is 8.23. The predicted molar refractivity (Wildman–Crippen MR) is 127 cm³/mol. The van der Waals surface area contributed by atoms with Gasteiger partial charge >= 0.3 is 12.1 Å². The van der Waals surface area contributed by atoms with Crippen LogP contribution in [0.5, 0.6) is 5.75 Å². The van der Waals surface area contributed by atoms with E-state index in [0.717, 1.165) is 10.9 Å². The molecule has 1 aromatic heterocycles. The van der Waals surface area contributed by atoms with Gasteiger partial charge in [-0.15, -0.1) is 0 Å². The van der Waals surface area contributed by atoms with Gasteiger partial charge in [-0.2, -0.15) is 0 Å². The lowest BCUT2D eigenvalue weighted by molar-refractivity contribution is -0.139. The molecule has 1 aliphatic rings. The lowest BCUT2D eigenvalue weighted by Gasteiger charge is -2.37. The smallest absolute Gasteiger partial charge is 0.410 e. The van der Waals surface area contributed by atoms with E-state index in [9.17, 15) is 14.0 Å². The number of aliphatic carboxylic acids is 1. The Morgan fingerprint density at radius 3 is 2.81 bits per heavy atom. The van der Waals surface area contributed by atoms with Crippen LogP contribution in [-0.4, -0.2) is 40.4 Å². The van der Waals surface area contributed by atoms with Crippen molar-refractivity contribution in [2.75, 3.05) is 13.2 Å². The minimum Gasteiger partial charge on any atom is -0.482 e. The number of fused-ring (bicyclic) bond motifs is 2. The predicted octanol–water partition coefficient (Wildman–Crippen LogP) is 5.37. The van der Waals surface area contributed by atoms with E-state index in [0.29, 0.717) is 33.8 Å². The van der Waals surface area contributed by atoms with Gasteiger partial charge in [-0.05, 0) is 60.0 Å². The third-order valence-electron chi connectivity index (χ3n) is 5.97. The quantitative estimate of drug-likeness (QED) is 0.372. The number of carboxylic acid groups (broad SMARTS) is 1. The highest BCUT2D eigenvalue weighted by molar-refractivity contribution is 6.30. The monoisotopic (exact) mass is 510 g/mol. The number of hydrogen-bond donors (Lipinski definition) is 1. The molecule has 0 bridgehead atoms. The third kappa shape index (κ3) is 4.70. The maximum atomic E-state index is 14.0. The van der Waals surface area contributed by atoms with Gasteiger partial charge in [-0.3, -0.25) is 4.90 Å². The van der Waals surface area contributed by atoms with Crippen molar-refractivity contribution in [3.8, 4) is 5.75 Å². The summed E-state index contributed by atoms with van der Waals surface area (Å²) in [6, 6.07) is 15.5. The van der Waals surface area contributed by atoms with E-state index in [1.165, 1.54) is 17.0 Å². The molecule has 0 saturated carbocycles. The fourth-order valence-electron chi connectivity index (χ4n) is 4.39. The van der Waals surface area contributed by atoms with E-state index in [-0.39, 0.29) is 18.9 Å². The largest absolute Gasteiger partial charge is 0.482 e. The molecular weight excluding hydrogens is 491 g/mol. The van der Waals surface area contributed by atoms with Crippen molar-refractivity contribution in [1.29, 1.82) is 0 Å². The Morgan fingerprint density at radius 2 is 1.97 bits per heavy atom. The number of carbonyl (C=O) groups is 2. The van der Waals surface area contributed by atoms with Crippen LogP contribution in [0.2, 0.25) is 5.02 Å². The zero-order valence-corrected chi connectivity index (χ0v) is 19.6. The first kappa shape index (κ1) is 23.6. The normalized spacial score (nSPS) is 14.9. The van der Waals surface area contributed by atoms with Gasteiger partial charge in [0.25, 0.3) is 0 Å². The summed E-state index contributed by atoms with van der Waals surface area (Å²) < 4.78 is 30.4. The van der Waals surface area contributed by atoms with E-state index < -0.39 is 30.5 Å². The number of carbonyl (C=O) groups excluding carboxylic acids is 1. The molecule has 8 nitrogen and oxygen atoms in total. The second kappa shape index (κ2) is 9.87. The molecule has 36 heavy (non-hydrogen) atoms. The Morgan fingerprint density at radius 1 is 1.14 bits per heavy atom. The molecular formula is C26H20ClFN2O6. The van der Waals surface area contributed by atoms with Crippen LogP contribution in [0.15, 0.2) is 65.2 Å². The van der Waals surface area contributed by atoms with Crippen molar-refractivity contribution in [2.45, 2.75) is 19.1 Å². The molecule has 2 heterocycles. The van der Waals surface area contributed by atoms with Gasteiger partial charge in [-0.25, -0.2) is 14.0 Å². The van der Waals surface area contributed by atoms with Gasteiger partial charge in [0.05, 0.1) is 6.04 Å². The van der Waals surface area contributed by atoms with Crippen LogP contribution in [0.3, 0.4) is 0 Å². The van der Waals surface area contributed by atoms with Gasteiger partial charge in [0.1, 0.15) is 23.9 Å². The number of ether oxygens (including phenoxy) is 2. The van der Waals surface area contributed by atoms with Crippen LogP contribution >= 0.6 is 11.6 Å². The molecule has 0 unspecified atom stereocenters. The number of halogens is 2. The first-order chi connectivity index (χ1) is 17.4. The number of aromatic nitrogens is 1. The summed E-state index contributed by atoms with van der Waals surface area (Å²) in [5.41, 5.74) is 2.89. The van der Waals surface area contributed by atoms with Crippen LogP contribution < -0.4 is 4.74 Å². The molecule has 5 rings (SSSR count). The fraction of sp³-hybridized carbons (Fsp3) is 0.192. The average molecular weight is 511 g/mol. The highest BCUT2D eigenvalue weighted by atomic mass is 35.5. The van der Waals surface area contributed by atoms with Gasteiger partial charge in [-0.1, -0.05) is 35.0 Å². The summed E-state index contributed by atoms with van der Waals surface area (Å²) in [4.78, 5) is 26.0. The Balaban J connectivity index is 1.49. The van der Waals surface area contributed by atoms with Gasteiger partial charge < -0.3 is 19.1 Å². The minimum atomic E-state index is -1.15. The zero-order valence-electron chi connectivity index (χ0n) is 18.8. The topological polar surface area (TPSA) is 102 Å². The third-order valence-corrected chi connectivity index (χ3v) is 6.21. The number of benzene rings is 3. The highest BCUT2D eigenvalue weighted by Crippen LogP contribution is 2.41. The molecule has 1 N–H and O–H groups in total. The molecule has 1 amide bonds. The van der Waals surface area contributed by atoms with Crippen molar-refractivity contribution in [1.82, 2.24) is 10.1 Å². The SMILES string of the molecule is O=C(O)COc1ccc(Cl)cc1[C@@H]1c2ccc(F)cc2CCN1C(=O)OCc1noc2ccccc12. The molecule has 184 valence electrons. The summed E-state index contributed by atoms with van der Waals surface area (Å²) >= 11 is 6.28. The molecule has 0 fully saturated rings. The summed E-state index contributed by atoms with van der Waals surface area (Å²) in [7, 11) is 0.